The van der Waals surface area contributed by atoms with Crippen molar-refractivity contribution in [2.75, 3.05) is 23.4 Å². The van der Waals surface area contributed by atoms with Gasteiger partial charge >= 0.3 is 6.09 Å². The van der Waals surface area contributed by atoms with E-state index >= 15 is 0 Å². The molecule has 0 radical (unpaired) electrons. The molecular weight excluding hydrogens is 326 g/mol. The van der Waals surface area contributed by atoms with Gasteiger partial charge < -0.3 is 10.1 Å². The third-order valence-electron chi connectivity index (χ3n) is 3.84. The fourth-order valence-electron chi connectivity index (χ4n) is 2.53. The number of ether oxygens (including phenoxy) is 1. The molecule has 1 N–H and O–H groups in total. The summed E-state index contributed by atoms with van der Waals surface area (Å²) in [5.74, 6) is -0.468. The number of anilines is 2. The summed E-state index contributed by atoms with van der Waals surface area (Å²) in [6, 6.07) is 11.1. The van der Waals surface area contributed by atoms with Crippen LogP contribution in [-0.2, 0) is 4.74 Å². The summed E-state index contributed by atoms with van der Waals surface area (Å²) in [6.45, 7) is 2.38. The van der Waals surface area contributed by atoms with Gasteiger partial charge in [-0.25, -0.2) is 4.79 Å². The SMILES string of the molecule is Cc1ccc(C(=O)Nc2cccc(N3CCOC3=O)c2)cc1[N+](=O)[O-]. The van der Waals surface area contributed by atoms with Crippen molar-refractivity contribution < 1.29 is 19.2 Å². The van der Waals surface area contributed by atoms with Crippen molar-refractivity contribution in [3.8, 4) is 0 Å². The van der Waals surface area contributed by atoms with E-state index in [4.69, 9.17) is 4.74 Å². The molecule has 1 aliphatic rings. The molecule has 0 aliphatic carbocycles. The average molecular weight is 341 g/mol. The molecule has 0 aromatic heterocycles. The number of aryl methyl sites for hydroxylation is 1. The van der Waals surface area contributed by atoms with Crippen LogP contribution in [0, 0.1) is 17.0 Å². The van der Waals surface area contributed by atoms with Gasteiger partial charge in [0.1, 0.15) is 6.61 Å². The van der Waals surface area contributed by atoms with Crippen LogP contribution in [0.2, 0.25) is 0 Å². The molecule has 8 nitrogen and oxygen atoms in total. The molecule has 0 spiro atoms. The van der Waals surface area contributed by atoms with Crippen molar-refractivity contribution in [2.45, 2.75) is 6.92 Å². The van der Waals surface area contributed by atoms with Crippen LogP contribution >= 0.6 is 0 Å². The van der Waals surface area contributed by atoms with Gasteiger partial charge in [-0.15, -0.1) is 0 Å². The Balaban J connectivity index is 1.81. The zero-order valence-electron chi connectivity index (χ0n) is 13.4. The Morgan fingerprint density at radius 2 is 2.08 bits per heavy atom. The molecule has 25 heavy (non-hydrogen) atoms. The Bertz CT molecular complexity index is 865. The van der Waals surface area contributed by atoms with E-state index in [0.717, 1.165) is 0 Å². The Morgan fingerprint density at radius 1 is 1.28 bits per heavy atom. The molecule has 8 heteroatoms. The first-order valence-corrected chi connectivity index (χ1v) is 7.56. The zero-order valence-corrected chi connectivity index (χ0v) is 13.4. The zero-order chi connectivity index (χ0) is 18.0. The second-order valence-electron chi connectivity index (χ2n) is 5.53. The van der Waals surface area contributed by atoms with E-state index < -0.39 is 16.9 Å². The minimum atomic E-state index is -0.522. The quantitative estimate of drug-likeness (QED) is 0.680. The topological polar surface area (TPSA) is 102 Å². The number of cyclic esters (lactones) is 1. The van der Waals surface area contributed by atoms with E-state index in [1.807, 2.05) is 0 Å². The van der Waals surface area contributed by atoms with E-state index in [2.05, 4.69) is 5.32 Å². The van der Waals surface area contributed by atoms with Gasteiger partial charge in [-0.2, -0.15) is 0 Å². The minimum absolute atomic E-state index is 0.110. The van der Waals surface area contributed by atoms with E-state index in [1.54, 1.807) is 31.2 Å². The number of carbonyl (C=O) groups is 2. The number of carbonyl (C=O) groups excluding carboxylic acids is 2. The Hall–Kier alpha value is -3.42. The normalized spacial score (nSPS) is 13.5. The smallest absolute Gasteiger partial charge is 0.414 e. The molecule has 2 aromatic carbocycles. The molecule has 1 heterocycles. The monoisotopic (exact) mass is 341 g/mol. The summed E-state index contributed by atoms with van der Waals surface area (Å²) in [5, 5.41) is 13.7. The summed E-state index contributed by atoms with van der Waals surface area (Å²) in [7, 11) is 0. The van der Waals surface area contributed by atoms with Crippen LogP contribution in [-0.4, -0.2) is 30.1 Å². The van der Waals surface area contributed by atoms with Crippen molar-refractivity contribution in [1.29, 1.82) is 0 Å². The molecule has 0 saturated carbocycles. The van der Waals surface area contributed by atoms with Gasteiger partial charge in [0, 0.05) is 28.6 Å². The van der Waals surface area contributed by atoms with Gasteiger partial charge in [-0.1, -0.05) is 12.1 Å². The number of nitro benzene ring substituents is 1. The Morgan fingerprint density at radius 3 is 2.76 bits per heavy atom. The lowest BCUT2D eigenvalue weighted by Gasteiger charge is -2.14. The predicted molar refractivity (Wildman–Crippen MR) is 90.9 cm³/mol. The largest absolute Gasteiger partial charge is 0.447 e. The third kappa shape index (κ3) is 3.42. The number of nitrogens with zero attached hydrogens (tertiary/aromatic N) is 2. The number of nitrogens with one attached hydrogen (secondary N) is 1. The average Bonchev–Trinajstić information content (AvgIpc) is 3.01. The van der Waals surface area contributed by atoms with Gasteiger partial charge in [-0.3, -0.25) is 19.8 Å². The number of hydrogen-bond acceptors (Lipinski definition) is 5. The summed E-state index contributed by atoms with van der Waals surface area (Å²) in [6.07, 6.45) is -0.433. The molecule has 3 rings (SSSR count). The van der Waals surface area contributed by atoms with Gasteiger partial charge in [0.05, 0.1) is 11.5 Å². The highest BCUT2D eigenvalue weighted by Gasteiger charge is 2.23. The van der Waals surface area contributed by atoms with Crippen molar-refractivity contribution in [3.63, 3.8) is 0 Å². The van der Waals surface area contributed by atoms with Crippen LogP contribution in [0.15, 0.2) is 42.5 Å². The first kappa shape index (κ1) is 16.4. The molecule has 0 bridgehead atoms. The second-order valence-corrected chi connectivity index (χ2v) is 5.53. The minimum Gasteiger partial charge on any atom is -0.447 e. The molecule has 0 unspecified atom stereocenters. The third-order valence-corrected chi connectivity index (χ3v) is 3.84. The molecular formula is C17H15N3O5. The van der Waals surface area contributed by atoms with E-state index in [0.29, 0.717) is 30.1 Å². The maximum atomic E-state index is 12.4. The highest BCUT2D eigenvalue weighted by atomic mass is 16.6. The maximum absolute atomic E-state index is 12.4. The predicted octanol–water partition coefficient (Wildman–Crippen LogP) is 3.11. The van der Waals surface area contributed by atoms with Crippen LogP contribution in [0.1, 0.15) is 15.9 Å². The molecule has 1 saturated heterocycles. The fraction of sp³-hybridized carbons (Fsp3) is 0.176. The molecule has 2 aromatic rings. The summed E-state index contributed by atoms with van der Waals surface area (Å²) < 4.78 is 4.89. The molecule has 1 fully saturated rings. The van der Waals surface area contributed by atoms with E-state index in [1.165, 1.54) is 23.1 Å². The number of amides is 2. The number of rotatable bonds is 4. The standard InChI is InChI=1S/C17H15N3O5/c1-11-5-6-12(9-15(11)20(23)24)16(21)18-13-3-2-4-14(10-13)19-7-8-25-17(19)22/h2-6,9-10H,7-8H2,1H3,(H,18,21). The number of nitro groups is 1. The van der Waals surface area contributed by atoms with Crippen LogP contribution in [0.25, 0.3) is 0 Å². The van der Waals surface area contributed by atoms with Crippen molar-refractivity contribution in [2.24, 2.45) is 0 Å². The first-order valence-electron chi connectivity index (χ1n) is 7.56. The number of hydrogen-bond donors (Lipinski definition) is 1. The molecule has 128 valence electrons. The highest BCUT2D eigenvalue weighted by Crippen LogP contribution is 2.24. The summed E-state index contributed by atoms with van der Waals surface area (Å²) in [4.78, 5) is 35.9. The molecule has 1 aliphatic heterocycles. The van der Waals surface area contributed by atoms with E-state index in [9.17, 15) is 19.7 Å². The van der Waals surface area contributed by atoms with Crippen LogP contribution in [0.3, 0.4) is 0 Å². The van der Waals surface area contributed by atoms with Crippen molar-refractivity contribution in [1.82, 2.24) is 0 Å². The van der Waals surface area contributed by atoms with Gasteiger partial charge in [-0.05, 0) is 31.2 Å². The fourth-order valence-corrected chi connectivity index (χ4v) is 2.53. The summed E-state index contributed by atoms with van der Waals surface area (Å²) >= 11 is 0. The lowest BCUT2D eigenvalue weighted by molar-refractivity contribution is -0.385. The van der Waals surface area contributed by atoms with Gasteiger partial charge in [0.2, 0.25) is 0 Å². The lowest BCUT2D eigenvalue weighted by Crippen LogP contribution is -2.23. The lowest BCUT2D eigenvalue weighted by atomic mass is 10.1. The van der Waals surface area contributed by atoms with Gasteiger partial charge in [0.15, 0.2) is 0 Å². The Kier molecular flexibility index (Phi) is 4.34. The van der Waals surface area contributed by atoms with Crippen LogP contribution < -0.4 is 10.2 Å². The Labute approximate surface area is 143 Å². The van der Waals surface area contributed by atoms with E-state index in [-0.39, 0.29) is 11.3 Å². The highest BCUT2D eigenvalue weighted by molar-refractivity contribution is 6.05. The second kappa shape index (κ2) is 6.60. The van der Waals surface area contributed by atoms with Crippen molar-refractivity contribution >= 4 is 29.1 Å². The number of benzene rings is 2. The molecule has 2 amide bonds. The van der Waals surface area contributed by atoms with Crippen molar-refractivity contribution in [3.05, 3.63) is 63.7 Å². The van der Waals surface area contributed by atoms with Crippen LogP contribution in [0.5, 0.6) is 0 Å². The van der Waals surface area contributed by atoms with Gasteiger partial charge in [0.25, 0.3) is 11.6 Å². The maximum Gasteiger partial charge on any atom is 0.414 e. The first-order chi connectivity index (χ1) is 12.0. The van der Waals surface area contributed by atoms with Crippen LogP contribution in [0.4, 0.5) is 21.9 Å². The summed E-state index contributed by atoms with van der Waals surface area (Å²) in [5.41, 5.74) is 1.64. The molecule has 0 atom stereocenters.